The maximum Gasteiger partial charge on any atom is 0.326 e. The summed E-state index contributed by atoms with van der Waals surface area (Å²) in [5.41, 5.74) is 0.215. The summed E-state index contributed by atoms with van der Waals surface area (Å²) in [7, 11) is 0. The van der Waals surface area contributed by atoms with Gasteiger partial charge in [0.1, 0.15) is 10.9 Å². The fraction of sp³-hybridized carbons (Fsp3) is 0.615. The van der Waals surface area contributed by atoms with Gasteiger partial charge in [0.05, 0.1) is 10.7 Å². The third-order valence-corrected chi connectivity index (χ3v) is 4.24. The second-order valence-electron chi connectivity index (χ2n) is 5.67. The largest absolute Gasteiger partial charge is 0.480 e. The number of hydrogen-bond donors (Lipinski definition) is 2. The van der Waals surface area contributed by atoms with Gasteiger partial charge in [-0.05, 0) is 6.92 Å². The number of carboxylic acids is 1. The number of amides is 1. The van der Waals surface area contributed by atoms with Crippen molar-refractivity contribution in [3.05, 3.63) is 15.6 Å². The first-order valence-electron chi connectivity index (χ1n) is 6.32. The highest BCUT2D eigenvalue weighted by molar-refractivity contribution is 7.14. The number of thiazole rings is 1. The molecular weight excluding hydrogens is 302 g/mol. The van der Waals surface area contributed by atoms with Crippen LogP contribution in [0.5, 0.6) is 0 Å². The molecule has 2 N–H and O–H groups in total. The van der Waals surface area contributed by atoms with Gasteiger partial charge in [0.2, 0.25) is 6.43 Å². The molecule has 1 atom stereocenters. The van der Waals surface area contributed by atoms with Gasteiger partial charge < -0.3 is 10.4 Å². The second-order valence-corrected chi connectivity index (χ2v) is 6.67. The summed E-state index contributed by atoms with van der Waals surface area (Å²) in [5, 5.41) is 11.7. The Bertz CT molecular complexity index is 538. The van der Waals surface area contributed by atoms with Crippen molar-refractivity contribution in [3.63, 3.8) is 0 Å². The van der Waals surface area contributed by atoms with Crippen LogP contribution in [-0.2, 0) is 10.2 Å². The molecule has 21 heavy (non-hydrogen) atoms. The third kappa shape index (κ3) is 4.73. The van der Waals surface area contributed by atoms with Crippen molar-refractivity contribution >= 4 is 23.2 Å². The maximum absolute atomic E-state index is 12.3. The zero-order valence-electron chi connectivity index (χ0n) is 12.2. The number of nitrogens with zero attached hydrogens (tertiary/aromatic N) is 1. The van der Waals surface area contributed by atoms with Crippen LogP contribution in [0.2, 0.25) is 0 Å². The van der Waals surface area contributed by atoms with E-state index >= 15 is 0 Å². The lowest BCUT2D eigenvalue weighted by atomic mass is 9.98. The number of halogens is 2. The molecule has 0 bridgehead atoms. The van der Waals surface area contributed by atoms with Crippen LogP contribution in [0.4, 0.5) is 8.78 Å². The number of alkyl halides is 2. The third-order valence-electron chi connectivity index (χ3n) is 2.66. The van der Waals surface area contributed by atoms with Crippen LogP contribution in [-0.4, -0.2) is 34.4 Å². The van der Waals surface area contributed by atoms with Gasteiger partial charge in [-0.2, -0.15) is 0 Å². The van der Waals surface area contributed by atoms with Crippen molar-refractivity contribution in [2.45, 2.75) is 52.0 Å². The van der Waals surface area contributed by atoms with E-state index in [4.69, 9.17) is 5.11 Å². The fourth-order valence-electron chi connectivity index (χ4n) is 1.55. The van der Waals surface area contributed by atoms with E-state index in [0.29, 0.717) is 5.69 Å². The maximum atomic E-state index is 12.3. The van der Waals surface area contributed by atoms with Gasteiger partial charge in [-0.3, -0.25) is 4.79 Å². The van der Waals surface area contributed by atoms with Crippen LogP contribution in [0.1, 0.15) is 47.6 Å². The Morgan fingerprint density at radius 3 is 2.33 bits per heavy atom. The Morgan fingerprint density at radius 2 is 1.95 bits per heavy atom. The van der Waals surface area contributed by atoms with Gasteiger partial charge in [-0.15, -0.1) is 11.3 Å². The summed E-state index contributed by atoms with van der Waals surface area (Å²) in [6.07, 6.45) is -3.73. The molecule has 1 heterocycles. The Balaban J connectivity index is 2.93. The number of aliphatic carboxylic acids is 1. The standard InChI is InChI=1S/C13H18F2N2O3S/c1-6-9(21-12(16-6)13(2,3)4)10(18)17-7(11(19)20)5-8(14)15/h7-8H,5H2,1-4H3,(H,17,18)(H,19,20). The summed E-state index contributed by atoms with van der Waals surface area (Å²) >= 11 is 1.14. The van der Waals surface area contributed by atoms with E-state index < -0.39 is 30.8 Å². The molecule has 1 aromatic rings. The average Bonchev–Trinajstić information content (AvgIpc) is 2.69. The van der Waals surface area contributed by atoms with E-state index in [9.17, 15) is 18.4 Å². The van der Waals surface area contributed by atoms with E-state index in [0.717, 1.165) is 16.3 Å². The first-order valence-corrected chi connectivity index (χ1v) is 7.13. The molecule has 0 fully saturated rings. The van der Waals surface area contributed by atoms with E-state index in [1.807, 2.05) is 20.8 Å². The monoisotopic (exact) mass is 320 g/mol. The van der Waals surface area contributed by atoms with Gasteiger partial charge in [0.25, 0.3) is 5.91 Å². The molecule has 1 amide bonds. The highest BCUT2D eigenvalue weighted by Gasteiger charge is 2.28. The van der Waals surface area contributed by atoms with Gasteiger partial charge >= 0.3 is 5.97 Å². The normalized spacial score (nSPS) is 13.3. The minimum atomic E-state index is -2.81. The first-order chi connectivity index (χ1) is 9.52. The molecule has 0 aliphatic heterocycles. The van der Waals surface area contributed by atoms with E-state index in [1.54, 1.807) is 6.92 Å². The van der Waals surface area contributed by atoms with Crippen LogP contribution < -0.4 is 5.32 Å². The summed E-state index contributed by atoms with van der Waals surface area (Å²) in [6, 6.07) is -1.61. The van der Waals surface area contributed by atoms with E-state index in [1.165, 1.54) is 0 Å². The molecule has 1 rings (SSSR count). The van der Waals surface area contributed by atoms with E-state index in [2.05, 4.69) is 10.3 Å². The highest BCUT2D eigenvalue weighted by Crippen LogP contribution is 2.29. The van der Waals surface area contributed by atoms with Crippen molar-refractivity contribution in [1.82, 2.24) is 10.3 Å². The van der Waals surface area contributed by atoms with Gasteiger partial charge in [0, 0.05) is 11.8 Å². The highest BCUT2D eigenvalue weighted by atomic mass is 32.1. The number of carbonyl (C=O) groups excluding carboxylic acids is 1. The van der Waals surface area contributed by atoms with Crippen LogP contribution in [0.3, 0.4) is 0 Å². The summed E-state index contributed by atoms with van der Waals surface area (Å²) in [5.74, 6) is -2.17. The Labute approximate surface area is 125 Å². The van der Waals surface area contributed by atoms with Crippen LogP contribution in [0, 0.1) is 6.92 Å². The summed E-state index contributed by atoms with van der Waals surface area (Å²) < 4.78 is 24.6. The van der Waals surface area contributed by atoms with Gasteiger partial charge in [-0.25, -0.2) is 18.6 Å². The molecule has 0 radical (unpaired) electrons. The number of carbonyl (C=O) groups is 2. The number of nitrogens with one attached hydrogen (secondary N) is 1. The zero-order chi connectivity index (χ0) is 16.4. The van der Waals surface area contributed by atoms with Crippen molar-refractivity contribution in [3.8, 4) is 0 Å². The predicted octanol–water partition coefficient (Wildman–Crippen LogP) is 2.59. The predicted molar refractivity (Wildman–Crippen MR) is 75.1 cm³/mol. The molecule has 0 spiro atoms. The average molecular weight is 320 g/mol. The van der Waals surface area contributed by atoms with Crippen LogP contribution in [0.15, 0.2) is 0 Å². The second kappa shape index (κ2) is 6.46. The first kappa shape index (κ1) is 17.5. The number of aryl methyl sites for hydroxylation is 1. The molecule has 0 aliphatic carbocycles. The summed E-state index contributed by atoms with van der Waals surface area (Å²) in [4.78, 5) is 27.5. The topological polar surface area (TPSA) is 79.3 Å². The molecule has 0 saturated carbocycles. The van der Waals surface area contributed by atoms with Crippen LogP contribution >= 0.6 is 11.3 Å². The quantitative estimate of drug-likeness (QED) is 0.874. The van der Waals surface area contributed by atoms with E-state index in [-0.39, 0.29) is 10.3 Å². The van der Waals surface area contributed by atoms with Crippen molar-refractivity contribution in [2.24, 2.45) is 0 Å². The van der Waals surface area contributed by atoms with Crippen molar-refractivity contribution in [1.29, 1.82) is 0 Å². The smallest absolute Gasteiger partial charge is 0.326 e. The SMILES string of the molecule is Cc1nc(C(C)(C)C)sc1C(=O)NC(CC(F)F)C(=O)O. The number of aromatic nitrogens is 1. The molecule has 1 aromatic heterocycles. The van der Waals surface area contributed by atoms with Gasteiger partial charge in [-0.1, -0.05) is 20.8 Å². The molecule has 0 aliphatic rings. The number of rotatable bonds is 5. The van der Waals surface area contributed by atoms with Crippen molar-refractivity contribution in [2.75, 3.05) is 0 Å². The Morgan fingerprint density at radius 1 is 1.38 bits per heavy atom. The molecule has 5 nitrogen and oxygen atoms in total. The molecule has 0 aromatic carbocycles. The molecule has 118 valence electrons. The minimum absolute atomic E-state index is 0.247. The number of carboxylic acid groups (broad SMARTS) is 1. The molecule has 0 saturated heterocycles. The zero-order valence-corrected chi connectivity index (χ0v) is 13.1. The fourth-order valence-corrected chi connectivity index (χ4v) is 2.58. The molecule has 1 unspecified atom stereocenters. The van der Waals surface area contributed by atoms with Crippen molar-refractivity contribution < 1.29 is 23.5 Å². The lowest BCUT2D eigenvalue weighted by Crippen LogP contribution is -2.41. The minimum Gasteiger partial charge on any atom is -0.480 e. The lowest BCUT2D eigenvalue weighted by molar-refractivity contribution is -0.140. The lowest BCUT2D eigenvalue weighted by Gasteiger charge is -2.14. The molecular formula is C13H18F2N2O3S. The van der Waals surface area contributed by atoms with Gasteiger partial charge in [0.15, 0.2) is 0 Å². The summed E-state index contributed by atoms with van der Waals surface area (Å²) in [6.45, 7) is 7.43. The number of hydrogen-bond acceptors (Lipinski definition) is 4. The molecule has 8 heteroatoms. The Kier molecular flexibility index (Phi) is 5.38. The van der Waals surface area contributed by atoms with Crippen LogP contribution in [0.25, 0.3) is 0 Å². The Hall–Kier alpha value is -1.57.